The summed E-state index contributed by atoms with van der Waals surface area (Å²) in [5.74, 6) is 0.256. The number of hydrogen-bond acceptors (Lipinski definition) is 4. The van der Waals surface area contributed by atoms with Crippen molar-refractivity contribution in [1.29, 1.82) is 0 Å². The molecular weight excluding hydrogens is 372 g/mol. The van der Waals surface area contributed by atoms with Gasteiger partial charge in [-0.3, -0.25) is 9.59 Å². The van der Waals surface area contributed by atoms with Gasteiger partial charge in [-0.1, -0.05) is 18.2 Å². The molecule has 2 aromatic rings. The Morgan fingerprint density at radius 1 is 1.21 bits per heavy atom. The average Bonchev–Trinajstić information content (AvgIpc) is 3.46. The van der Waals surface area contributed by atoms with Gasteiger partial charge in [0.25, 0.3) is 5.91 Å². The summed E-state index contributed by atoms with van der Waals surface area (Å²) in [7, 11) is 0. The zero-order chi connectivity index (χ0) is 19.3. The van der Waals surface area contributed by atoms with Crippen molar-refractivity contribution in [2.75, 3.05) is 19.7 Å². The van der Waals surface area contributed by atoms with Gasteiger partial charge in [0.05, 0.1) is 12.6 Å². The zero-order valence-electron chi connectivity index (χ0n) is 16.0. The summed E-state index contributed by atoms with van der Waals surface area (Å²) in [6.07, 6.45) is 3.80. The third kappa shape index (κ3) is 4.62. The number of carbonyl (C=O) groups is 2. The van der Waals surface area contributed by atoms with Crippen LogP contribution in [-0.2, 0) is 22.6 Å². The summed E-state index contributed by atoms with van der Waals surface area (Å²) >= 11 is 1.67. The lowest BCUT2D eigenvalue weighted by Crippen LogP contribution is -2.36. The third-order valence-electron chi connectivity index (χ3n) is 5.41. The van der Waals surface area contributed by atoms with Crippen LogP contribution in [0.4, 0.5) is 0 Å². The quantitative estimate of drug-likeness (QED) is 0.715. The first kappa shape index (κ1) is 19.2. The summed E-state index contributed by atoms with van der Waals surface area (Å²) in [5, 5.41) is 2.04. The Labute approximate surface area is 169 Å². The second-order valence-corrected chi connectivity index (χ2v) is 8.55. The van der Waals surface area contributed by atoms with E-state index in [4.69, 9.17) is 4.74 Å². The van der Waals surface area contributed by atoms with Crippen molar-refractivity contribution in [3.8, 4) is 0 Å². The van der Waals surface area contributed by atoms with Crippen molar-refractivity contribution in [3.63, 3.8) is 0 Å². The summed E-state index contributed by atoms with van der Waals surface area (Å²) in [6.45, 7) is 3.48. The molecule has 2 aliphatic heterocycles. The molecule has 2 amide bonds. The lowest BCUT2D eigenvalue weighted by atomic mass is 10.1. The minimum atomic E-state index is 0.0349. The van der Waals surface area contributed by atoms with Crippen molar-refractivity contribution in [3.05, 3.63) is 57.8 Å². The van der Waals surface area contributed by atoms with Gasteiger partial charge in [0.15, 0.2) is 0 Å². The molecule has 1 unspecified atom stereocenters. The highest BCUT2D eigenvalue weighted by Crippen LogP contribution is 2.20. The van der Waals surface area contributed by atoms with E-state index in [0.717, 1.165) is 38.0 Å². The normalized spacial score (nSPS) is 19.4. The Hall–Kier alpha value is -2.18. The van der Waals surface area contributed by atoms with E-state index in [9.17, 15) is 9.59 Å². The molecule has 1 atom stereocenters. The van der Waals surface area contributed by atoms with Gasteiger partial charge in [-0.05, 0) is 48.4 Å². The van der Waals surface area contributed by atoms with Crippen molar-refractivity contribution in [2.45, 2.75) is 44.9 Å². The van der Waals surface area contributed by atoms with E-state index in [1.54, 1.807) is 11.3 Å². The molecule has 0 aliphatic carbocycles. The van der Waals surface area contributed by atoms with Gasteiger partial charge in [0.1, 0.15) is 0 Å². The van der Waals surface area contributed by atoms with Crippen LogP contribution in [0.2, 0.25) is 0 Å². The van der Waals surface area contributed by atoms with E-state index in [2.05, 4.69) is 6.07 Å². The third-order valence-corrected chi connectivity index (χ3v) is 6.27. The van der Waals surface area contributed by atoms with Gasteiger partial charge in [0.2, 0.25) is 5.91 Å². The van der Waals surface area contributed by atoms with Crippen LogP contribution in [0.15, 0.2) is 41.8 Å². The summed E-state index contributed by atoms with van der Waals surface area (Å²) in [4.78, 5) is 30.0. The molecule has 0 bridgehead atoms. The topological polar surface area (TPSA) is 49.9 Å². The molecule has 148 valence electrons. The SMILES string of the molecule is O=C1CCCN1Cc1ccc(C(=O)N(Cc2cccs2)CC2CCCO2)cc1. The molecule has 0 saturated carbocycles. The number of hydrogen-bond donors (Lipinski definition) is 0. The van der Waals surface area contributed by atoms with Gasteiger partial charge in [-0.25, -0.2) is 0 Å². The first-order valence-electron chi connectivity index (χ1n) is 9.99. The Bertz CT molecular complexity index is 798. The maximum absolute atomic E-state index is 13.2. The zero-order valence-corrected chi connectivity index (χ0v) is 16.8. The number of rotatable bonds is 7. The van der Waals surface area contributed by atoms with Crippen molar-refractivity contribution in [2.24, 2.45) is 0 Å². The molecule has 1 aromatic carbocycles. The van der Waals surface area contributed by atoms with Crippen LogP contribution in [0.3, 0.4) is 0 Å². The maximum Gasteiger partial charge on any atom is 0.254 e. The second-order valence-electron chi connectivity index (χ2n) is 7.52. The monoisotopic (exact) mass is 398 g/mol. The standard InChI is InChI=1S/C22H26N2O3S/c25-21-6-1-11-23(21)14-17-7-9-18(10-8-17)22(26)24(15-19-4-2-12-27-19)16-20-5-3-13-28-20/h3,5,7-10,13,19H,1-2,4,6,11-12,14-16H2. The first-order chi connectivity index (χ1) is 13.7. The Morgan fingerprint density at radius 2 is 2.07 bits per heavy atom. The molecule has 2 saturated heterocycles. The Kier molecular flexibility index (Phi) is 6.07. The van der Waals surface area contributed by atoms with E-state index in [0.29, 0.717) is 31.6 Å². The molecule has 2 aliphatic rings. The molecule has 6 heteroatoms. The molecule has 5 nitrogen and oxygen atoms in total. The van der Waals surface area contributed by atoms with Gasteiger partial charge in [-0.2, -0.15) is 0 Å². The van der Waals surface area contributed by atoms with E-state index in [1.165, 1.54) is 4.88 Å². The molecule has 2 fully saturated rings. The first-order valence-corrected chi connectivity index (χ1v) is 10.9. The fraction of sp³-hybridized carbons (Fsp3) is 0.455. The molecule has 4 rings (SSSR count). The van der Waals surface area contributed by atoms with Crippen LogP contribution in [0.1, 0.15) is 46.5 Å². The number of benzene rings is 1. The maximum atomic E-state index is 13.2. The largest absolute Gasteiger partial charge is 0.376 e. The predicted molar refractivity (Wildman–Crippen MR) is 109 cm³/mol. The van der Waals surface area contributed by atoms with Crippen LogP contribution in [-0.4, -0.2) is 47.4 Å². The molecule has 28 heavy (non-hydrogen) atoms. The highest BCUT2D eigenvalue weighted by Gasteiger charge is 2.24. The van der Waals surface area contributed by atoms with Gasteiger partial charge >= 0.3 is 0 Å². The van der Waals surface area contributed by atoms with Crippen LogP contribution in [0, 0.1) is 0 Å². The van der Waals surface area contributed by atoms with Crippen molar-refractivity contribution < 1.29 is 14.3 Å². The number of nitrogens with zero attached hydrogens (tertiary/aromatic N) is 2. The number of carbonyl (C=O) groups excluding carboxylic acids is 2. The van der Waals surface area contributed by atoms with Crippen molar-refractivity contribution in [1.82, 2.24) is 9.80 Å². The fourth-order valence-corrected chi connectivity index (χ4v) is 4.59. The molecule has 0 N–H and O–H groups in total. The predicted octanol–water partition coefficient (Wildman–Crippen LogP) is 3.69. The van der Waals surface area contributed by atoms with E-state index >= 15 is 0 Å². The van der Waals surface area contributed by atoms with E-state index in [-0.39, 0.29) is 17.9 Å². The van der Waals surface area contributed by atoms with Gasteiger partial charge in [-0.15, -0.1) is 11.3 Å². The highest BCUT2D eigenvalue weighted by molar-refractivity contribution is 7.09. The second kappa shape index (κ2) is 8.88. The molecule has 0 spiro atoms. The lowest BCUT2D eigenvalue weighted by molar-refractivity contribution is -0.128. The number of thiophene rings is 1. The van der Waals surface area contributed by atoms with E-state index in [1.807, 2.05) is 45.5 Å². The Balaban J connectivity index is 1.44. The smallest absolute Gasteiger partial charge is 0.254 e. The molecule has 3 heterocycles. The summed E-state index contributed by atoms with van der Waals surface area (Å²) in [6, 6.07) is 11.8. The van der Waals surface area contributed by atoms with Crippen LogP contribution < -0.4 is 0 Å². The Morgan fingerprint density at radius 3 is 2.71 bits per heavy atom. The average molecular weight is 399 g/mol. The van der Waals surface area contributed by atoms with Crippen LogP contribution in [0.5, 0.6) is 0 Å². The summed E-state index contributed by atoms with van der Waals surface area (Å²) < 4.78 is 5.76. The number of amides is 2. The molecule has 0 radical (unpaired) electrons. The summed E-state index contributed by atoms with van der Waals surface area (Å²) in [5.41, 5.74) is 1.75. The minimum Gasteiger partial charge on any atom is -0.376 e. The van der Waals surface area contributed by atoms with Crippen LogP contribution in [0.25, 0.3) is 0 Å². The highest BCUT2D eigenvalue weighted by atomic mass is 32.1. The van der Waals surface area contributed by atoms with Gasteiger partial charge < -0.3 is 14.5 Å². The minimum absolute atomic E-state index is 0.0349. The number of likely N-dealkylation sites (tertiary alicyclic amines) is 1. The molecule has 1 aromatic heterocycles. The van der Waals surface area contributed by atoms with Crippen molar-refractivity contribution >= 4 is 23.2 Å². The van der Waals surface area contributed by atoms with Gasteiger partial charge in [0, 0.05) is 43.1 Å². The lowest BCUT2D eigenvalue weighted by Gasteiger charge is -2.25. The van der Waals surface area contributed by atoms with E-state index < -0.39 is 0 Å². The molecular formula is C22H26N2O3S. The van der Waals surface area contributed by atoms with Crippen LogP contribution >= 0.6 is 11.3 Å². The number of ether oxygens (including phenoxy) is 1. The fourth-order valence-electron chi connectivity index (χ4n) is 3.87.